The smallest absolute Gasteiger partial charge is 0.262 e. The van der Waals surface area contributed by atoms with Crippen LogP contribution in [0.15, 0.2) is 41.3 Å². The molecule has 1 N–H and O–H groups in total. The van der Waals surface area contributed by atoms with E-state index in [1.54, 1.807) is 6.07 Å². The molecule has 1 fully saturated rings. The van der Waals surface area contributed by atoms with E-state index in [4.69, 9.17) is 25.8 Å². The lowest BCUT2D eigenvalue weighted by Gasteiger charge is -2.16. The highest BCUT2D eigenvalue weighted by atomic mass is 35.5. The van der Waals surface area contributed by atoms with Gasteiger partial charge in [0.15, 0.2) is 6.61 Å². The summed E-state index contributed by atoms with van der Waals surface area (Å²) in [6.45, 7) is 0.811. The predicted octanol–water partition coefficient (Wildman–Crippen LogP) is 3.16. The molecule has 162 valence electrons. The van der Waals surface area contributed by atoms with Crippen molar-refractivity contribution in [1.82, 2.24) is 4.31 Å². The molecule has 1 aliphatic heterocycles. The van der Waals surface area contributed by atoms with Gasteiger partial charge >= 0.3 is 0 Å². The highest BCUT2D eigenvalue weighted by Gasteiger charge is 2.27. The van der Waals surface area contributed by atoms with E-state index < -0.39 is 15.9 Å². The maximum Gasteiger partial charge on any atom is 0.262 e. The number of nitrogens with zero attached hydrogens (tertiary/aromatic N) is 1. The first kappa shape index (κ1) is 22.2. The summed E-state index contributed by atoms with van der Waals surface area (Å²) in [5.74, 6) is 0.728. The predicted molar refractivity (Wildman–Crippen MR) is 113 cm³/mol. The highest BCUT2D eigenvalue weighted by Crippen LogP contribution is 2.35. The van der Waals surface area contributed by atoms with Gasteiger partial charge in [-0.2, -0.15) is 4.31 Å². The lowest BCUT2D eigenvalue weighted by atomic mass is 10.2. The number of methoxy groups -OCH3 is 2. The number of carbonyl (C=O) groups is 1. The van der Waals surface area contributed by atoms with Crippen LogP contribution >= 0.6 is 11.6 Å². The molecular weight excluding hydrogens is 432 g/mol. The van der Waals surface area contributed by atoms with Gasteiger partial charge in [-0.15, -0.1) is 0 Å². The Morgan fingerprint density at radius 2 is 1.70 bits per heavy atom. The second-order valence-electron chi connectivity index (χ2n) is 6.61. The molecule has 1 saturated heterocycles. The molecule has 3 rings (SSSR count). The van der Waals surface area contributed by atoms with E-state index in [0.29, 0.717) is 41.0 Å². The van der Waals surface area contributed by atoms with Crippen LogP contribution in [-0.4, -0.2) is 52.5 Å². The normalized spacial score (nSPS) is 14.4. The second kappa shape index (κ2) is 9.55. The van der Waals surface area contributed by atoms with Gasteiger partial charge in [-0.05, 0) is 37.1 Å². The number of hydrogen-bond acceptors (Lipinski definition) is 6. The van der Waals surface area contributed by atoms with Crippen LogP contribution in [0.2, 0.25) is 5.02 Å². The quantitative estimate of drug-likeness (QED) is 0.658. The molecule has 30 heavy (non-hydrogen) atoms. The molecular formula is C20H23ClN2O6S. The number of carbonyl (C=O) groups excluding carboxylic acids is 1. The average Bonchev–Trinajstić information content (AvgIpc) is 3.29. The third kappa shape index (κ3) is 4.97. The Labute approximate surface area is 180 Å². The zero-order chi connectivity index (χ0) is 21.7. The molecule has 8 nitrogen and oxygen atoms in total. The van der Waals surface area contributed by atoms with E-state index in [9.17, 15) is 13.2 Å². The van der Waals surface area contributed by atoms with Gasteiger partial charge < -0.3 is 19.5 Å². The van der Waals surface area contributed by atoms with Crippen molar-refractivity contribution in [2.45, 2.75) is 17.7 Å². The molecule has 0 unspecified atom stereocenters. The van der Waals surface area contributed by atoms with Gasteiger partial charge in [0, 0.05) is 25.2 Å². The van der Waals surface area contributed by atoms with E-state index in [2.05, 4.69) is 5.32 Å². The van der Waals surface area contributed by atoms with E-state index in [1.807, 2.05) is 0 Å². The fourth-order valence-electron chi connectivity index (χ4n) is 3.08. The monoisotopic (exact) mass is 454 g/mol. The fraction of sp³-hybridized carbons (Fsp3) is 0.350. The number of rotatable bonds is 8. The highest BCUT2D eigenvalue weighted by molar-refractivity contribution is 7.89. The van der Waals surface area contributed by atoms with E-state index in [1.165, 1.54) is 48.9 Å². The third-order valence-corrected chi connectivity index (χ3v) is 6.85. The minimum Gasteiger partial charge on any atom is -0.495 e. The van der Waals surface area contributed by atoms with E-state index >= 15 is 0 Å². The van der Waals surface area contributed by atoms with E-state index in [-0.39, 0.29) is 11.5 Å². The number of benzene rings is 2. The molecule has 2 aromatic carbocycles. The molecule has 2 aromatic rings. The largest absolute Gasteiger partial charge is 0.495 e. The molecule has 0 atom stereocenters. The van der Waals surface area contributed by atoms with Gasteiger partial charge in [-0.3, -0.25) is 4.79 Å². The standard InChI is InChI=1S/C20H23ClN2O6S/c1-27-18-12-17(19(28-2)11-16(18)21)22-20(24)13-29-14-5-7-15(8-6-14)30(25,26)23-9-3-4-10-23/h5-8,11-12H,3-4,9-10,13H2,1-2H3,(H,22,24). The summed E-state index contributed by atoms with van der Waals surface area (Å²) in [7, 11) is -0.555. The summed E-state index contributed by atoms with van der Waals surface area (Å²) in [5, 5.41) is 3.03. The third-order valence-electron chi connectivity index (χ3n) is 4.64. The first-order valence-electron chi connectivity index (χ1n) is 9.29. The summed E-state index contributed by atoms with van der Waals surface area (Å²) >= 11 is 6.06. The topological polar surface area (TPSA) is 94.2 Å². The van der Waals surface area contributed by atoms with Gasteiger partial charge in [-0.1, -0.05) is 11.6 Å². The summed E-state index contributed by atoms with van der Waals surface area (Å²) in [6, 6.07) is 9.11. The Hall–Kier alpha value is -2.49. The van der Waals surface area contributed by atoms with Crippen molar-refractivity contribution >= 4 is 33.2 Å². The van der Waals surface area contributed by atoms with Crippen molar-refractivity contribution in [2.24, 2.45) is 0 Å². The van der Waals surface area contributed by atoms with Crippen LogP contribution in [0.1, 0.15) is 12.8 Å². The summed E-state index contributed by atoms with van der Waals surface area (Å²) in [5.41, 5.74) is 0.388. The lowest BCUT2D eigenvalue weighted by molar-refractivity contribution is -0.118. The Kier molecular flexibility index (Phi) is 7.06. The van der Waals surface area contributed by atoms with Crippen LogP contribution < -0.4 is 19.5 Å². The molecule has 1 aliphatic rings. The maximum atomic E-state index is 12.5. The molecule has 0 bridgehead atoms. The Morgan fingerprint density at radius 3 is 2.30 bits per heavy atom. The summed E-state index contributed by atoms with van der Waals surface area (Å²) < 4.78 is 42.4. The van der Waals surface area contributed by atoms with Crippen molar-refractivity contribution in [3.63, 3.8) is 0 Å². The number of hydrogen-bond donors (Lipinski definition) is 1. The maximum absolute atomic E-state index is 12.5. The SMILES string of the molecule is COc1cc(NC(=O)COc2ccc(S(=O)(=O)N3CCCC3)cc2)c(OC)cc1Cl. The van der Waals surface area contributed by atoms with Gasteiger partial charge in [-0.25, -0.2) is 8.42 Å². The van der Waals surface area contributed by atoms with E-state index in [0.717, 1.165) is 12.8 Å². The van der Waals surface area contributed by atoms with Crippen LogP contribution in [0.25, 0.3) is 0 Å². The minimum atomic E-state index is -3.48. The zero-order valence-corrected chi connectivity index (χ0v) is 18.3. The first-order chi connectivity index (χ1) is 14.3. The number of ether oxygens (including phenoxy) is 3. The molecule has 0 saturated carbocycles. The van der Waals surface area contributed by atoms with Crippen molar-refractivity contribution in [2.75, 3.05) is 39.2 Å². The van der Waals surface area contributed by atoms with Gasteiger partial charge in [0.2, 0.25) is 10.0 Å². The average molecular weight is 455 g/mol. The zero-order valence-electron chi connectivity index (χ0n) is 16.7. The van der Waals surface area contributed by atoms with Crippen molar-refractivity contribution < 1.29 is 27.4 Å². The molecule has 0 aliphatic carbocycles. The van der Waals surface area contributed by atoms with Crippen LogP contribution in [-0.2, 0) is 14.8 Å². The summed E-state index contributed by atoms with van der Waals surface area (Å²) in [6.07, 6.45) is 1.75. The molecule has 1 amide bonds. The van der Waals surface area contributed by atoms with Crippen molar-refractivity contribution in [3.05, 3.63) is 41.4 Å². The number of anilines is 1. The second-order valence-corrected chi connectivity index (χ2v) is 8.95. The van der Waals surface area contributed by atoms with Crippen LogP contribution in [0, 0.1) is 0 Å². The molecule has 10 heteroatoms. The van der Waals surface area contributed by atoms with Gasteiger partial charge in [0.25, 0.3) is 5.91 Å². The molecule has 0 aromatic heterocycles. The Morgan fingerprint density at radius 1 is 1.07 bits per heavy atom. The molecule has 0 radical (unpaired) electrons. The lowest BCUT2D eigenvalue weighted by Crippen LogP contribution is -2.27. The van der Waals surface area contributed by atoms with Crippen LogP contribution in [0.5, 0.6) is 17.2 Å². The molecule has 1 heterocycles. The Bertz CT molecular complexity index is 1000. The van der Waals surface area contributed by atoms with Crippen molar-refractivity contribution in [1.29, 1.82) is 0 Å². The van der Waals surface area contributed by atoms with Crippen LogP contribution in [0.4, 0.5) is 5.69 Å². The molecule has 0 spiro atoms. The number of nitrogens with one attached hydrogen (secondary N) is 1. The Balaban J connectivity index is 1.61. The van der Waals surface area contributed by atoms with Gasteiger partial charge in [0.05, 0.1) is 29.8 Å². The first-order valence-corrected chi connectivity index (χ1v) is 11.1. The number of sulfonamides is 1. The van der Waals surface area contributed by atoms with Gasteiger partial charge in [0.1, 0.15) is 17.2 Å². The number of halogens is 1. The van der Waals surface area contributed by atoms with Crippen LogP contribution in [0.3, 0.4) is 0 Å². The number of amides is 1. The minimum absolute atomic E-state index is 0.208. The fourth-order valence-corrected chi connectivity index (χ4v) is 4.83. The summed E-state index contributed by atoms with van der Waals surface area (Å²) in [4.78, 5) is 12.5. The van der Waals surface area contributed by atoms with Crippen molar-refractivity contribution in [3.8, 4) is 17.2 Å².